The van der Waals surface area contributed by atoms with Crippen LogP contribution in [0.25, 0.3) is 11.0 Å². The van der Waals surface area contributed by atoms with Crippen molar-refractivity contribution in [2.45, 2.75) is 26.4 Å². The quantitative estimate of drug-likeness (QED) is 0.690. The molecule has 2 aromatic carbocycles. The standard InChI is InChI=1S/C18H18BrNO/c1-12-9-14(7-8-16(12)19)11-20-13(2)18-10-15-5-3-4-6-17(15)21-18/h3-10,13,20H,11H2,1-2H3. The first-order valence-corrected chi connectivity index (χ1v) is 7.89. The van der Waals surface area contributed by atoms with Crippen molar-refractivity contribution < 1.29 is 4.42 Å². The maximum absolute atomic E-state index is 5.89. The number of rotatable bonds is 4. The topological polar surface area (TPSA) is 25.2 Å². The number of halogens is 1. The van der Waals surface area contributed by atoms with Gasteiger partial charge in [0.25, 0.3) is 0 Å². The largest absolute Gasteiger partial charge is 0.459 e. The minimum absolute atomic E-state index is 0.182. The van der Waals surface area contributed by atoms with Gasteiger partial charge in [0, 0.05) is 16.4 Å². The van der Waals surface area contributed by atoms with Crippen LogP contribution >= 0.6 is 15.9 Å². The van der Waals surface area contributed by atoms with E-state index in [1.165, 1.54) is 11.1 Å². The van der Waals surface area contributed by atoms with Crippen LogP contribution in [0.15, 0.2) is 57.4 Å². The third-order valence-corrected chi connectivity index (χ3v) is 4.60. The van der Waals surface area contributed by atoms with Crippen LogP contribution in [0, 0.1) is 6.92 Å². The molecule has 3 aromatic rings. The molecule has 1 N–H and O–H groups in total. The Hall–Kier alpha value is -1.58. The highest BCUT2D eigenvalue weighted by Gasteiger charge is 2.11. The van der Waals surface area contributed by atoms with Gasteiger partial charge in [0.1, 0.15) is 11.3 Å². The summed E-state index contributed by atoms with van der Waals surface area (Å²) in [5.41, 5.74) is 3.48. The first kappa shape index (κ1) is 14.4. The van der Waals surface area contributed by atoms with E-state index in [-0.39, 0.29) is 6.04 Å². The Kier molecular flexibility index (Phi) is 4.13. The minimum atomic E-state index is 0.182. The second-order valence-corrected chi connectivity index (χ2v) is 6.23. The summed E-state index contributed by atoms with van der Waals surface area (Å²) in [7, 11) is 0. The van der Waals surface area contributed by atoms with Crippen LogP contribution < -0.4 is 5.32 Å². The highest BCUT2D eigenvalue weighted by molar-refractivity contribution is 9.10. The summed E-state index contributed by atoms with van der Waals surface area (Å²) in [4.78, 5) is 0. The lowest BCUT2D eigenvalue weighted by Gasteiger charge is -2.12. The molecule has 0 aliphatic rings. The molecule has 1 heterocycles. The van der Waals surface area contributed by atoms with Crippen LogP contribution in [0.5, 0.6) is 0 Å². The number of fused-ring (bicyclic) bond motifs is 1. The summed E-state index contributed by atoms with van der Waals surface area (Å²) in [5.74, 6) is 0.977. The fourth-order valence-electron chi connectivity index (χ4n) is 2.40. The first-order valence-electron chi connectivity index (χ1n) is 7.10. The molecule has 108 valence electrons. The Balaban J connectivity index is 1.70. The van der Waals surface area contributed by atoms with E-state index >= 15 is 0 Å². The molecule has 0 aliphatic heterocycles. The van der Waals surface area contributed by atoms with Crippen molar-refractivity contribution >= 4 is 26.9 Å². The lowest BCUT2D eigenvalue weighted by atomic mass is 10.1. The average Bonchev–Trinajstić information content (AvgIpc) is 2.92. The number of hydrogen-bond donors (Lipinski definition) is 1. The molecule has 0 aliphatic carbocycles. The maximum Gasteiger partial charge on any atom is 0.134 e. The van der Waals surface area contributed by atoms with Crippen molar-refractivity contribution in [2.24, 2.45) is 0 Å². The second kappa shape index (κ2) is 6.04. The molecule has 3 rings (SSSR count). The van der Waals surface area contributed by atoms with Crippen LogP contribution in [0.3, 0.4) is 0 Å². The molecule has 0 saturated heterocycles. The zero-order chi connectivity index (χ0) is 14.8. The van der Waals surface area contributed by atoms with Gasteiger partial charge in [0.2, 0.25) is 0 Å². The molecule has 2 nitrogen and oxygen atoms in total. The van der Waals surface area contributed by atoms with E-state index in [2.05, 4.69) is 65.4 Å². The van der Waals surface area contributed by atoms with Gasteiger partial charge in [-0.1, -0.05) is 46.3 Å². The number of nitrogens with one attached hydrogen (secondary N) is 1. The second-order valence-electron chi connectivity index (χ2n) is 5.37. The number of furan rings is 1. The average molecular weight is 344 g/mol. The fourth-order valence-corrected chi connectivity index (χ4v) is 2.65. The predicted octanol–water partition coefficient (Wildman–Crippen LogP) is 5.35. The maximum atomic E-state index is 5.89. The van der Waals surface area contributed by atoms with Gasteiger partial charge in [-0.15, -0.1) is 0 Å². The number of aryl methyl sites for hydroxylation is 1. The van der Waals surface area contributed by atoms with Crippen molar-refractivity contribution in [2.75, 3.05) is 0 Å². The molecule has 0 amide bonds. The highest BCUT2D eigenvalue weighted by atomic mass is 79.9. The van der Waals surface area contributed by atoms with Crippen molar-refractivity contribution in [3.05, 3.63) is 69.9 Å². The molecule has 0 spiro atoms. The minimum Gasteiger partial charge on any atom is -0.459 e. The third kappa shape index (κ3) is 3.20. The number of benzene rings is 2. The van der Waals surface area contributed by atoms with E-state index in [4.69, 9.17) is 4.42 Å². The summed E-state index contributed by atoms with van der Waals surface area (Å²) in [6.07, 6.45) is 0. The van der Waals surface area contributed by atoms with Crippen LogP contribution in [0.4, 0.5) is 0 Å². The summed E-state index contributed by atoms with van der Waals surface area (Å²) >= 11 is 3.53. The van der Waals surface area contributed by atoms with Gasteiger partial charge in [0.15, 0.2) is 0 Å². The van der Waals surface area contributed by atoms with Gasteiger partial charge in [-0.05, 0) is 43.2 Å². The van der Waals surface area contributed by atoms with E-state index in [9.17, 15) is 0 Å². The molecular formula is C18H18BrNO. The SMILES string of the molecule is Cc1cc(CNC(C)c2cc3ccccc3o2)ccc1Br. The van der Waals surface area contributed by atoms with E-state index in [1.54, 1.807) is 0 Å². The van der Waals surface area contributed by atoms with Crippen LogP contribution in [-0.4, -0.2) is 0 Å². The van der Waals surface area contributed by atoms with Crippen molar-refractivity contribution in [1.29, 1.82) is 0 Å². The molecule has 0 bridgehead atoms. The molecule has 21 heavy (non-hydrogen) atoms. The van der Waals surface area contributed by atoms with Crippen LogP contribution in [0.1, 0.15) is 29.9 Å². The van der Waals surface area contributed by atoms with Gasteiger partial charge in [-0.2, -0.15) is 0 Å². The van der Waals surface area contributed by atoms with Crippen molar-refractivity contribution in [3.63, 3.8) is 0 Å². The van der Waals surface area contributed by atoms with E-state index in [0.29, 0.717) is 0 Å². The predicted molar refractivity (Wildman–Crippen MR) is 90.3 cm³/mol. The zero-order valence-electron chi connectivity index (χ0n) is 12.2. The molecule has 0 radical (unpaired) electrons. The van der Waals surface area contributed by atoms with E-state index in [1.807, 2.05) is 18.2 Å². The normalized spacial score (nSPS) is 12.7. The van der Waals surface area contributed by atoms with Gasteiger partial charge in [-0.25, -0.2) is 0 Å². The van der Waals surface area contributed by atoms with Gasteiger partial charge >= 0.3 is 0 Å². The van der Waals surface area contributed by atoms with Gasteiger partial charge < -0.3 is 9.73 Å². The summed E-state index contributed by atoms with van der Waals surface area (Å²) < 4.78 is 7.04. The lowest BCUT2D eigenvalue weighted by molar-refractivity contribution is 0.451. The molecule has 1 aromatic heterocycles. The van der Waals surface area contributed by atoms with E-state index in [0.717, 1.165) is 27.7 Å². The number of para-hydroxylation sites is 1. The molecule has 1 atom stereocenters. The molecule has 3 heteroatoms. The summed E-state index contributed by atoms with van der Waals surface area (Å²) in [6.45, 7) is 5.06. The molecule has 0 saturated carbocycles. The molecule has 1 unspecified atom stereocenters. The van der Waals surface area contributed by atoms with E-state index < -0.39 is 0 Å². The van der Waals surface area contributed by atoms with Crippen molar-refractivity contribution in [3.8, 4) is 0 Å². The smallest absolute Gasteiger partial charge is 0.134 e. The Labute approximate surface area is 133 Å². The number of hydrogen-bond acceptors (Lipinski definition) is 2. The summed E-state index contributed by atoms with van der Waals surface area (Å²) in [5, 5.41) is 4.67. The molecule has 0 fully saturated rings. The van der Waals surface area contributed by atoms with Crippen LogP contribution in [-0.2, 0) is 6.54 Å². The monoisotopic (exact) mass is 343 g/mol. The lowest BCUT2D eigenvalue weighted by Crippen LogP contribution is -2.17. The third-order valence-electron chi connectivity index (χ3n) is 3.71. The Bertz CT molecular complexity index is 730. The van der Waals surface area contributed by atoms with Crippen LogP contribution in [0.2, 0.25) is 0 Å². The summed E-state index contributed by atoms with van der Waals surface area (Å²) in [6, 6.07) is 16.8. The Morgan fingerprint density at radius 3 is 2.71 bits per heavy atom. The first-order chi connectivity index (χ1) is 10.1. The van der Waals surface area contributed by atoms with Gasteiger partial charge in [0.05, 0.1) is 6.04 Å². The zero-order valence-corrected chi connectivity index (χ0v) is 13.8. The highest BCUT2D eigenvalue weighted by Crippen LogP contribution is 2.24. The Morgan fingerprint density at radius 2 is 1.95 bits per heavy atom. The van der Waals surface area contributed by atoms with Gasteiger partial charge in [-0.3, -0.25) is 0 Å². The van der Waals surface area contributed by atoms with Crippen molar-refractivity contribution in [1.82, 2.24) is 5.32 Å². The molecular weight excluding hydrogens is 326 g/mol. The Morgan fingerprint density at radius 1 is 1.14 bits per heavy atom. The fraction of sp³-hybridized carbons (Fsp3) is 0.222.